The number of nitrogens with zero attached hydrogens (tertiary/aromatic N) is 1. The molecule has 1 N–H and O–H groups in total. The topological polar surface area (TPSA) is 76.1 Å². The Balaban J connectivity index is 2.09. The maximum atomic E-state index is 12.2. The number of carbonyl (C=O) groups is 2. The molecule has 0 aromatic rings. The molecule has 0 aromatic heterocycles. The maximum absolute atomic E-state index is 12.2. The van der Waals surface area contributed by atoms with Crippen molar-refractivity contribution in [3.05, 3.63) is 0 Å². The number of ether oxygens (including phenoxy) is 2. The van der Waals surface area contributed by atoms with E-state index in [-0.39, 0.29) is 5.92 Å². The van der Waals surface area contributed by atoms with Crippen LogP contribution in [0.15, 0.2) is 0 Å². The molecule has 0 spiro atoms. The van der Waals surface area contributed by atoms with Crippen LogP contribution in [0.4, 0.5) is 4.79 Å². The van der Waals surface area contributed by atoms with E-state index in [9.17, 15) is 14.7 Å². The summed E-state index contributed by atoms with van der Waals surface area (Å²) in [5, 5.41) is 9.55. The van der Waals surface area contributed by atoms with Gasteiger partial charge in [-0.1, -0.05) is 0 Å². The Morgan fingerprint density at radius 1 is 1.19 bits per heavy atom. The van der Waals surface area contributed by atoms with E-state index in [1.54, 1.807) is 20.8 Å². The number of hydrogen-bond donors (Lipinski definition) is 1. The van der Waals surface area contributed by atoms with Crippen molar-refractivity contribution in [3.63, 3.8) is 0 Å². The number of carboxylic acid groups (broad SMARTS) is 1. The summed E-state index contributed by atoms with van der Waals surface area (Å²) in [5.74, 6) is -0.624. The van der Waals surface area contributed by atoms with Gasteiger partial charge in [-0.3, -0.25) is 4.90 Å². The second-order valence-corrected chi connectivity index (χ2v) is 6.86. The van der Waals surface area contributed by atoms with Gasteiger partial charge in [-0.15, -0.1) is 0 Å². The van der Waals surface area contributed by atoms with E-state index >= 15 is 0 Å². The third-order valence-corrected chi connectivity index (χ3v) is 4.20. The Hall–Kier alpha value is -1.30. The van der Waals surface area contributed by atoms with Crippen molar-refractivity contribution >= 4 is 12.1 Å². The second kappa shape index (κ2) is 6.22. The predicted octanol–water partition coefficient (Wildman–Crippen LogP) is 2.12. The summed E-state index contributed by atoms with van der Waals surface area (Å²) in [6.07, 6.45) is 1.94. The van der Waals surface area contributed by atoms with Gasteiger partial charge in [0.1, 0.15) is 11.6 Å². The highest BCUT2D eigenvalue weighted by atomic mass is 16.6. The van der Waals surface area contributed by atoms with E-state index in [4.69, 9.17) is 9.47 Å². The first-order valence-electron chi connectivity index (χ1n) is 7.60. The van der Waals surface area contributed by atoms with Crippen molar-refractivity contribution in [2.45, 2.75) is 51.7 Å². The van der Waals surface area contributed by atoms with Crippen LogP contribution in [0.3, 0.4) is 0 Å². The Kier molecular flexibility index (Phi) is 4.76. The summed E-state index contributed by atoms with van der Waals surface area (Å²) >= 11 is 0. The zero-order valence-corrected chi connectivity index (χ0v) is 13.0. The van der Waals surface area contributed by atoms with Gasteiger partial charge in [-0.2, -0.15) is 0 Å². The molecule has 2 saturated heterocycles. The Bertz CT molecular complexity index is 397. The zero-order valence-electron chi connectivity index (χ0n) is 13.0. The number of carboxylic acids is 1. The Labute approximate surface area is 125 Å². The number of hydrogen-bond acceptors (Lipinski definition) is 4. The van der Waals surface area contributed by atoms with Gasteiger partial charge in [0, 0.05) is 19.8 Å². The van der Waals surface area contributed by atoms with Crippen LogP contribution in [0.25, 0.3) is 0 Å². The van der Waals surface area contributed by atoms with Gasteiger partial charge in [-0.25, -0.2) is 9.59 Å². The number of amides is 1. The Morgan fingerprint density at radius 3 is 2.33 bits per heavy atom. The molecule has 0 saturated carbocycles. The van der Waals surface area contributed by atoms with Crippen LogP contribution in [0.2, 0.25) is 0 Å². The summed E-state index contributed by atoms with van der Waals surface area (Å²) in [6.45, 7) is 7.17. The van der Waals surface area contributed by atoms with E-state index in [0.29, 0.717) is 25.7 Å². The van der Waals surface area contributed by atoms with Crippen LogP contribution < -0.4 is 0 Å². The van der Waals surface area contributed by atoms with Gasteiger partial charge in [0.2, 0.25) is 0 Å². The lowest BCUT2D eigenvalue weighted by Gasteiger charge is -2.32. The fourth-order valence-electron chi connectivity index (χ4n) is 3.30. The number of aliphatic carboxylic acids is 1. The van der Waals surface area contributed by atoms with Crippen LogP contribution in [0.5, 0.6) is 0 Å². The second-order valence-electron chi connectivity index (χ2n) is 6.86. The normalized spacial score (nSPS) is 27.7. The molecule has 2 rings (SSSR count). The van der Waals surface area contributed by atoms with Crippen molar-refractivity contribution in [2.75, 3.05) is 19.8 Å². The molecule has 0 aliphatic carbocycles. The number of carbonyl (C=O) groups excluding carboxylic acids is 1. The van der Waals surface area contributed by atoms with Gasteiger partial charge in [0.15, 0.2) is 0 Å². The van der Waals surface area contributed by atoms with Gasteiger partial charge in [0.25, 0.3) is 0 Å². The minimum Gasteiger partial charge on any atom is -0.480 e. The minimum atomic E-state index is -0.935. The monoisotopic (exact) mass is 299 g/mol. The quantitative estimate of drug-likeness (QED) is 0.845. The number of likely N-dealkylation sites (tertiary alicyclic amines) is 1. The summed E-state index contributed by atoms with van der Waals surface area (Å²) in [7, 11) is 0. The fraction of sp³-hybridized carbons (Fsp3) is 0.867. The van der Waals surface area contributed by atoms with Crippen LogP contribution in [-0.4, -0.2) is 53.5 Å². The highest BCUT2D eigenvalue weighted by molar-refractivity contribution is 5.81. The molecule has 6 nitrogen and oxygen atoms in total. The molecule has 2 aliphatic heterocycles. The largest absolute Gasteiger partial charge is 0.480 e. The fourth-order valence-corrected chi connectivity index (χ4v) is 3.30. The number of rotatable bonds is 2. The van der Waals surface area contributed by atoms with Crippen molar-refractivity contribution < 1.29 is 24.2 Å². The standard InChI is InChI=1S/C15H25NO5/c1-15(2,3)21-14(19)16-7-4-11(12(16)13(17)18)10-5-8-20-9-6-10/h10-12H,4-9H2,1-3H3,(H,17,18)/t11-,12-/m0/s1. The molecule has 2 fully saturated rings. The molecular formula is C15H25NO5. The molecule has 0 aromatic carbocycles. The predicted molar refractivity (Wildman–Crippen MR) is 76.0 cm³/mol. The van der Waals surface area contributed by atoms with Crippen molar-refractivity contribution in [1.82, 2.24) is 4.90 Å². The first kappa shape index (κ1) is 16.1. The molecule has 0 unspecified atom stereocenters. The van der Waals surface area contributed by atoms with E-state index in [1.807, 2.05) is 0 Å². The van der Waals surface area contributed by atoms with Crippen LogP contribution in [0.1, 0.15) is 40.0 Å². The smallest absolute Gasteiger partial charge is 0.411 e. The molecule has 0 bridgehead atoms. The van der Waals surface area contributed by atoms with Crippen LogP contribution in [-0.2, 0) is 14.3 Å². The average molecular weight is 299 g/mol. The maximum Gasteiger partial charge on any atom is 0.411 e. The lowest BCUT2D eigenvalue weighted by Crippen LogP contribution is -2.47. The summed E-state index contributed by atoms with van der Waals surface area (Å²) < 4.78 is 10.7. The van der Waals surface area contributed by atoms with Crippen molar-refractivity contribution in [2.24, 2.45) is 11.8 Å². The first-order chi connectivity index (χ1) is 9.79. The third kappa shape index (κ3) is 3.87. The van der Waals surface area contributed by atoms with Crippen molar-refractivity contribution in [1.29, 1.82) is 0 Å². The average Bonchev–Trinajstić information content (AvgIpc) is 2.82. The molecule has 120 valence electrons. The van der Waals surface area contributed by atoms with Crippen LogP contribution in [0, 0.1) is 11.8 Å². The highest BCUT2D eigenvalue weighted by Crippen LogP contribution is 2.36. The van der Waals surface area contributed by atoms with Crippen LogP contribution >= 0.6 is 0 Å². The highest BCUT2D eigenvalue weighted by Gasteiger charge is 2.46. The summed E-state index contributed by atoms with van der Waals surface area (Å²) in [5.41, 5.74) is -0.614. The molecule has 2 aliphatic rings. The summed E-state index contributed by atoms with van der Waals surface area (Å²) in [6, 6.07) is -0.775. The molecule has 0 radical (unpaired) electrons. The molecule has 21 heavy (non-hydrogen) atoms. The molecule has 2 heterocycles. The molecular weight excluding hydrogens is 274 g/mol. The van der Waals surface area contributed by atoms with E-state index in [0.717, 1.165) is 19.3 Å². The minimum absolute atomic E-state index is 0.00100. The summed E-state index contributed by atoms with van der Waals surface area (Å²) in [4.78, 5) is 25.3. The van der Waals surface area contributed by atoms with E-state index < -0.39 is 23.7 Å². The lowest BCUT2D eigenvalue weighted by atomic mass is 9.81. The lowest BCUT2D eigenvalue weighted by molar-refractivity contribution is -0.144. The van der Waals surface area contributed by atoms with Crippen molar-refractivity contribution in [3.8, 4) is 0 Å². The molecule has 2 atom stereocenters. The van der Waals surface area contributed by atoms with Gasteiger partial charge < -0.3 is 14.6 Å². The molecule has 6 heteroatoms. The Morgan fingerprint density at radius 2 is 1.81 bits per heavy atom. The van der Waals surface area contributed by atoms with E-state index in [1.165, 1.54) is 4.90 Å². The zero-order chi connectivity index (χ0) is 15.6. The van der Waals surface area contributed by atoms with Gasteiger partial charge in [-0.05, 0) is 51.9 Å². The first-order valence-corrected chi connectivity index (χ1v) is 7.60. The third-order valence-electron chi connectivity index (χ3n) is 4.20. The van der Waals surface area contributed by atoms with E-state index in [2.05, 4.69) is 0 Å². The molecule has 1 amide bonds. The van der Waals surface area contributed by atoms with Gasteiger partial charge >= 0.3 is 12.1 Å². The van der Waals surface area contributed by atoms with Gasteiger partial charge in [0.05, 0.1) is 0 Å². The SMILES string of the molecule is CC(C)(C)OC(=O)N1CC[C@@H](C2CCOCC2)[C@H]1C(=O)O.